The van der Waals surface area contributed by atoms with E-state index in [0.717, 1.165) is 0 Å². The maximum Gasteiger partial charge on any atom is 0.330 e. The first-order valence-corrected chi connectivity index (χ1v) is 5.67. The third-order valence-corrected chi connectivity index (χ3v) is 2.94. The van der Waals surface area contributed by atoms with Gasteiger partial charge in [-0.15, -0.1) is 0 Å². The first-order chi connectivity index (χ1) is 8.52. The zero-order chi connectivity index (χ0) is 13.3. The van der Waals surface area contributed by atoms with Crippen LogP contribution in [0.1, 0.15) is 18.2 Å². The lowest BCUT2D eigenvalue weighted by molar-refractivity contribution is -0.0583. The third kappa shape index (κ3) is 2.38. The van der Waals surface area contributed by atoms with Crippen molar-refractivity contribution >= 4 is 0 Å². The van der Waals surface area contributed by atoms with E-state index in [1.54, 1.807) is 14.0 Å². The van der Waals surface area contributed by atoms with E-state index >= 15 is 0 Å². The van der Waals surface area contributed by atoms with E-state index in [-0.39, 0.29) is 6.10 Å². The standard InChI is InChI=1S/C11H16N2O5/c1-6-4-13(11(16)12-9(6)15)10-8(14)3-7(18-10)5-17-2/h4,7-8,10,14H,3,5H2,1-2H3,(H,12,15,16). The quantitative estimate of drug-likeness (QED) is 0.734. The lowest BCUT2D eigenvalue weighted by atomic mass is 10.2. The molecule has 3 unspecified atom stereocenters. The summed E-state index contributed by atoms with van der Waals surface area (Å²) in [6, 6.07) is 0. The molecule has 3 atom stereocenters. The Hall–Kier alpha value is -1.44. The normalized spacial score (nSPS) is 27.6. The van der Waals surface area contributed by atoms with Crippen LogP contribution >= 0.6 is 0 Å². The van der Waals surface area contributed by atoms with Gasteiger partial charge in [-0.1, -0.05) is 0 Å². The Morgan fingerprint density at radius 1 is 1.61 bits per heavy atom. The molecule has 1 aliphatic heterocycles. The monoisotopic (exact) mass is 256 g/mol. The minimum atomic E-state index is -0.798. The molecule has 1 aromatic heterocycles. The topological polar surface area (TPSA) is 93.5 Å². The number of aryl methyl sites for hydroxylation is 1. The number of nitrogens with one attached hydrogen (secondary N) is 1. The van der Waals surface area contributed by atoms with Gasteiger partial charge in [-0.05, 0) is 6.92 Å². The van der Waals surface area contributed by atoms with Crippen molar-refractivity contribution in [2.24, 2.45) is 0 Å². The number of rotatable bonds is 3. The summed E-state index contributed by atoms with van der Waals surface area (Å²) >= 11 is 0. The number of hydrogen-bond donors (Lipinski definition) is 2. The number of ether oxygens (including phenoxy) is 2. The van der Waals surface area contributed by atoms with Gasteiger partial charge < -0.3 is 14.6 Å². The molecule has 1 saturated heterocycles. The maximum absolute atomic E-state index is 11.7. The maximum atomic E-state index is 11.7. The zero-order valence-corrected chi connectivity index (χ0v) is 10.3. The first kappa shape index (κ1) is 13.0. The summed E-state index contributed by atoms with van der Waals surface area (Å²) in [5, 5.41) is 9.89. The van der Waals surface area contributed by atoms with Crippen LogP contribution in [0.15, 0.2) is 15.8 Å². The molecule has 0 spiro atoms. The van der Waals surface area contributed by atoms with Crippen molar-refractivity contribution < 1.29 is 14.6 Å². The fraction of sp³-hybridized carbons (Fsp3) is 0.636. The minimum Gasteiger partial charge on any atom is -0.388 e. The molecule has 1 fully saturated rings. The SMILES string of the molecule is COCC1CC(O)C(n2cc(C)c(=O)[nH]c2=O)O1. The average molecular weight is 256 g/mol. The van der Waals surface area contributed by atoms with Crippen LogP contribution in [-0.2, 0) is 9.47 Å². The number of nitrogens with zero attached hydrogens (tertiary/aromatic N) is 1. The number of hydrogen-bond acceptors (Lipinski definition) is 5. The third-order valence-electron chi connectivity index (χ3n) is 2.94. The molecular formula is C11H16N2O5. The summed E-state index contributed by atoms with van der Waals surface area (Å²) in [7, 11) is 1.54. The Balaban J connectivity index is 2.30. The molecule has 0 amide bonds. The highest BCUT2D eigenvalue weighted by molar-refractivity contribution is 5.02. The molecule has 18 heavy (non-hydrogen) atoms. The Morgan fingerprint density at radius 3 is 3.00 bits per heavy atom. The van der Waals surface area contributed by atoms with E-state index in [2.05, 4.69) is 4.98 Å². The van der Waals surface area contributed by atoms with Crippen LogP contribution in [0.4, 0.5) is 0 Å². The Labute approximate surface area is 103 Å². The largest absolute Gasteiger partial charge is 0.388 e. The molecule has 0 aromatic carbocycles. The minimum absolute atomic E-state index is 0.255. The molecule has 1 aliphatic rings. The van der Waals surface area contributed by atoms with Gasteiger partial charge in [0.1, 0.15) is 6.10 Å². The number of methoxy groups -OCH3 is 1. The summed E-state index contributed by atoms with van der Waals surface area (Å²) in [4.78, 5) is 25.1. The van der Waals surface area contributed by atoms with Crippen LogP contribution < -0.4 is 11.2 Å². The summed E-state index contributed by atoms with van der Waals surface area (Å²) in [6.45, 7) is 1.94. The molecule has 7 nitrogen and oxygen atoms in total. The lowest BCUT2D eigenvalue weighted by Crippen LogP contribution is -2.36. The van der Waals surface area contributed by atoms with Crippen molar-refractivity contribution in [1.82, 2.24) is 9.55 Å². The van der Waals surface area contributed by atoms with Crippen molar-refractivity contribution in [3.8, 4) is 0 Å². The van der Waals surface area contributed by atoms with E-state index in [4.69, 9.17) is 9.47 Å². The van der Waals surface area contributed by atoms with Gasteiger partial charge in [-0.2, -0.15) is 0 Å². The van der Waals surface area contributed by atoms with Crippen LogP contribution in [0.2, 0.25) is 0 Å². The number of aliphatic hydroxyl groups excluding tert-OH is 1. The van der Waals surface area contributed by atoms with Crippen molar-refractivity contribution in [2.45, 2.75) is 31.8 Å². The molecule has 0 bridgehead atoms. The molecule has 0 aliphatic carbocycles. The first-order valence-electron chi connectivity index (χ1n) is 5.67. The molecular weight excluding hydrogens is 240 g/mol. The van der Waals surface area contributed by atoms with Crippen LogP contribution in [0, 0.1) is 6.92 Å². The molecule has 1 aromatic rings. The second kappa shape index (κ2) is 5.05. The van der Waals surface area contributed by atoms with Gasteiger partial charge in [0.15, 0.2) is 6.23 Å². The van der Waals surface area contributed by atoms with Crippen molar-refractivity contribution in [3.05, 3.63) is 32.6 Å². The van der Waals surface area contributed by atoms with Gasteiger partial charge in [0.25, 0.3) is 5.56 Å². The van der Waals surface area contributed by atoms with E-state index in [0.29, 0.717) is 18.6 Å². The molecule has 2 rings (SSSR count). The van der Waals surface area contributed by atoms with Gasteiger partial charge in [0.05, 0.1) is 12.7 Å². The second-order valence-corrected chi connectivity index (χ2v) is 4.39. The smallest absolute Gasteiger partial charge is 0.330 e. The average Bonchev–Trinajstić information content (AvgIpc) is 2.65. The van der Waals surface area contributed by atoms with Gasteiger partial charge in [-0.3, -0.25) is 14.3 Å². The highest BCUT2D eigenvalue weighted by atomic mass is 16.6. The van der Waals surface area contributed by atoms with Crippen molar-refractivity contribution in [2.75, 3.05) is 13.7 Å². The predicted molar refractivity (Wildman–Crippen MR) is 62.5 cm³/mol. The van der Waals surface area contributed by atoms with E-state index in [1.807, 2.05) is 0 Å². The molecule has 7 heteroatoms. The summed E-state index contributed by atoms with van der Waals surface area (Å²) in [5.74, 6) is 0. The number of aromatic amines is 1. The number of aliphatic hydroxyl groups is 1. The Kier molecular flexibility index (Phi) is 3.65. The Bertz CT molecular complexity index is 535. The van der Waals surface area contributed by atoms with Crippen molar-refractivity contribution in [3.63, 3.8) is 0 Å². The van der Waals surface area contributed by atoms with Crippen LogP contribution in [-0.4, -0.2) is 40.6 Å². The molecule has 2 N–H and O–H groups in total. The summed E-state index contributed by atoms with van der Waals surface area (Å²) in [6.07, 6.45) is -0.0524. The predicted octanol–water partition coefficient (Wildman–Crippen LogP) is -0.860. The summed E-state index contributed by atoms with van der Waals surface area (Å²) in [5.41, 5.74) is -0.634. The summed E-state index contributed by atoms with van der Waals surface area (Å²) < 4.78 is 11.7. The van der Waals surface area contributed by atoms with Gasteiger partial charge in [0, 0.05) is 25.3 Å². The van der Waals surface area contributed by atoms with Crippen molar-refractivity contribution in [1.29, 1.82) is 0 Å². The van der Waals surface area contributed by atoms with Crippen LogP contribution in [0.3, 0.4) is 0 Å². The van der Waals surface area contributed by atoms with Gasteiger partial charge in [0.2, 0.25) is 0 Å². The van der Waals surface area contributed by atoms with Gasteiger partial charge in [-0.25, -0.2) is 4.79 Å². The number of aromatic nitrogens is 2. The van der Waals surface area contributed by atoms with E-state index in [9.17, 15) is 14.7 Å². The van der Waals surface area contributed by atoms with Crippen LogP contribution in [0.25, 0.3) is 0 Å². The lowest BCUT2D eigenvalue weighted by Gasteiger charge is -2.17. The molecule has 2 heterocycles. The molecule has 100 valence electrons. The highest BCUT2D eigenvalue weighted by Gasteiger charge is 2.35. The van der Waals surface area contributed by atoms with E-state index in [1.165, 1.54) is 10.8 Å². The fourth-order valence-electron chi connectivity index (χ4n) is 2.05. The zero-order valence-electron chi connectivity index (χ0n) is 10.3. The van der Waals surface area contributed by atoms with Crippen LogP contribution in [0.5, 0.6) is 0 Å². The Morgan fingerprint density at radius 2 is 2.33 bits per heavy atom. The molecule has 0 radical (unpaired) electrons. The van der Waals surface area contributed by atoms with Gasteiger partial charge >= 0.3 is 5.69 Å². The number of H-pyrrole nitrogens is 1. The molecule has 0 saturated carbocycles. The second-order valence-electron chi connectivity index (χ2n) is 4.39. The highest BCUT2D eigenvalue weighted by Crippen LogP contribution is 2.27. The fourth-order valence-corrected chi connectivity index (χ4v) is 2.05. The van der Waals surface area contributed by atoms with E-state index < -0.39 is 23.6 Å².